The van der Waals surface area contributed by atoms with Gasteiger partial charge in [-0.2, -0.15) is 5.26 Å². The van der Waals surface area contributed by atoms with Crippen LogP contribution in [-0.2, 0) is 0 Å². The summed E-state index contributed by atoms with van der Waals surface area (Å²) in [5.41, 5.74) is 0. The van der Waals surface area contributed by atoms with Gasteiger partial charge in [-0.05, 0) is 64.7 Å². The smallest absolute Gasteiger partial charge is 0.133 e. The summed E-state index contributed by atoms with van der Waals surface area (Å²) in [5.74, 6) is 3.06. The SMILES string of the molecule is N#CSCCOc1ccc(Oc2ccccc2)cc1I. The van der Waals surface area contributed by atoms with Crippen LogP contribution >= 0.6 is 34.4 Å². The lowest BCUT2D eigenvalue weighted by Gasteiger charge is -2.10. The Morgan fingerprint density at radius 1 is 1.10 bits per heavy atom. The van der Waals surface area contributed by atoms with Gasteiger partial charge in [-0.15, -0.1) is 0 Å². The molecule has 2 aromatic rings. The van der Waals surface area contributed by atoms with E-state index in [-0.39, 0.29) is 0 Å². The first-order valence-corrected chi connectivity index (χ1v) is 8.02. The van der Waals surface area contributed by atoms with E-state index >= 15 is 0 Å². The molecule has 102 valence electrons. The summed E-state index contributed by atoms with van der Waals surface area (Å²) in [7, 11) is 0. The van der Waals surface area contributed by atoms with E-state index in [2.05, 4.69) is 22.6 Å². The molecule has 0 bridgehead atoms. The van der Waals surface area contributed by atoms with Crippen LogP contribution in [0.3, 0.4) is 0 Å². The van der Waals surface area contributed by atoms with Gasteiger partial charge in [-0.3, -0.25) is 0 Å². The average molecular weight is 397 g/mol. The molecule has 0 saturated carbocycles. The normalized spacial score (nSPS) is 9.80. The molecule has 2 aromatic carbocycles. The van der Waals surface area contributed by atoms with E-state index in [1.807, 2.05) is 53.9 Å². The molecule has 3 nitrogen and oxygen atoms in total. The lowest BCUT2D eigenvalue weighted by molar-refractivity contribution is 0.341. The second-order valence-electron chi connectivity index (χ2n) is 3.80. The van der Waals surface area contributed by atoms with Crippen molar-refractivity contribution in [3.05, 3.63) is 52.1 Å². The fourth-order valence-corrected chi connectivity index (χ4v) is 2.43. The van der Waals surface area contributed by atoms with Gasteiger partial charge in [-0.25, -0.2) is 0 Å². The summed E-state index contributed by atoms with van der Waals surface area (Å²) in [6.07, 6.45) is 0. The number of rotatable bonds is 6. The van der Waals surface area contributed by atoms with E-state index in [1.165, 1.54) is 11.8 Å². The molecule has 0 aliphatic rings. The third kappa shape index (κ3) is 4.62. The lowest BCUT2D eigenvalue weighted by Crippen LogP contribution is -2.01. The second kappa shape index (κ2) is 8.02. The van der Waals surface area contributed by atoms with Gasteiger partial charge in [0.05, 0.1) is 10.2 Å². The van der Waals surface area contributed by atoms with Gasteiger partial charge in [0.15, 0.2) is 0 Å². The van der Waals surface area contributed by atoms with Crippen molar-refractivity contribution in [1.29, 1.82) is 5.26 Å². The molecule has 0 atom stereocenters. The summed E-state index contributed by atoms with van der Waals surface area (Å²) in [5, 5.41) is 10.5. The van der Waals surface area contributed by atoms with E-state index in [1.54, 1.807) is 0 Å². The highest BCUT2D eigenvalue weighted by molar-refractivity contribution is 14.1. The predicted octanol–water partition coefficient (Wildman–Crippen LogP) is 4.68. The van der Waals surface area contributed by atoms with Crippen LogP contribution in [-0.4, -0.2) is 12.4 Å². The predicted molar refractivity (Wildman–Crippen MR) is 89.2 cm³/mol. The standard InChI is InChI=1S/C15H12INO2S/c16-14-10-13(19-12-4-2-1-3-5-12)6-7-15(14)18-8-9-20-11-17/h1-7,10H,8-9H2. The Hall–Kier alpha value is -1.39. The molecule has 5 heteroatoms. The van der Waals surface area contributed by atoms with Gasteiger partial charge in [0, 0.05) is 5.75 Å². The molecule has 0 saturated heterocycles. The Morgan fingerprint density at radius 2 is 1.90 bits per heavy atom. The van der Waals surface area contributed by atoms with Crippen molar-refractivity contribution >= 4 is 34.4 Å². The van der Waals surface area contributed by atoms with Crippen LogP contribution in [0.4, 0.5) is 0 Å². The maximum absolute atomic E-state index is 8.43. The second-order valence-corrected chi connectivity index (χ2v) is 5.84. The number of thioether (sulfide) groups is 1. The number of para-hydroxylation sites is 1. The Morgan fingerprint density at radius 3 is 2.60 bits per heavy atom. The fraction of sp³-hybridized carbons (Fsp3) is 0.133. The van der Waals surface area contributed by atoms with Gasteiger partial charge in [0.1, 0.15) is 22.6 Å². The van der Waals surface area contributed by atoms with Gasteiger partial charge < -0.3 is 9.47 Å². The molecule has 0 aliphatic carbocycles. The number of hydrogen-bond donors (Lipinski definition) is 0. The minimum Gasteiger partial charge on any atom is -0.492 e. The molecular weight excluding hydrogens is 385 g/mol. The molecule has 20 heavy (non-hydrogen) atoms. The highest BCUT2D eigenvalue weighted by Crippen LogP contribution is 2.28. The van der Waals surface area contributed by atoms with Crippen molar-refractivity contribution in [2.45, 2.75) is 0 Å². The molecule has 0 spiro atoms. The maximum atomic E-state index is 8.43. The largest absolute Gasteiger partial charge is 0.492 e. The van der Waals surface area contributed by atoms with E-state index in [9.17, 15) is 0 Å². The minimum absolute atomic E-state index is 0.521. The quantitative estimate of drug-likeness (QED) is 0.404. The van der Waals surface area contributed by atoms with Crippen molar-refractivity contribution < 1.29 is 9.47 Å². The molecule has 0 unspecified atom stereocenters. The third-order valence-corrected chi connectivity index (χ3v) is 3.73. The summed E-state index contributed by atoms with van der Waals surface area (Å²) >= 11 is 3.40. The number of nitriles is 1. The molecule has 0 aromatic heterocycles. The third-order valence-electron chi connectivity index (χ3n) is 2.39. The number of thiocyanates is 1. The van der Waals surface area contributed by atoms with Gasteiger partial charge in [0.2, 0.25) is 0 Å². The number of halogens is 1. The van der Waals surface area contributed by atoms with E-state index < -0.39 is 0 Å². The maximum Gasteiger partial charge on any atom is 0.133 e. The van der Waals surface area contributed by atoms with Crippen LogP contribution in [0.1, 0.15) is 0 Å². The topological polar surface area (TPSA) is 42.2 Å². The Labute approximate surface area is 136 Å². The molecule has 0 amide bonds. The van der Waals surface area contributed by atoms with E-state index in [4.69, 9.17) is 14.7 Å². The summed E-state index contributed by atoms with van der Waals surface area (Å²) < 4.78 is 12.3. The van der Waals surface area contributed by atoms with Crippen molar-refractivity contribution in [3.63, 3.8) is 0 Å². The van der Waals surface area contributed by atoms with Crippen molar-refractivity contribution in [3.8, 4) is 22.6 Å². The average Bonchev–Trinajstić information content (AvgIpc) is 2.46. The number of benzene rings is 2. The first-order valence-electron chi connectivity index (χ1n) is 5.96. The first-order chi connectivity index (χ1) is 9.79. The molecule has 0 heterocycles. The van der Waals surface area contributed by atoms with Gasteiger partial charge >= 0.3 is 0 Å². The molecule has 2 rings (SSSR count). The zero-order valence-electron chi connectivity index (χ0n) is 10.6. The summed E-state index contributed by atoms with van der Waals surface area (Å²) in [6.45, 7) is 0.521. The molecule has 0 N–H and O–H groups in total. The molecule has 0 radical (unpaired) electrons. The zero-order valence-corrected chi connectivity index (χ0v) is 13.6. The highest BCUT2D eigenvalue weighted by Gasteiger charge is 2.04. The summed E-state index contributed by atoms with van der Waals surface area (Å²) in [6, 6.07) is 15.3. The molecule has 0 aliphatic heterocycles. The monoisotopic (exact) mass is 397 g/mol. The first kappa shape index (κ1) is 15.0. The van der Waals surface area contributed by atoms with Crippen LogP contribution in [0.2, 0.25) is 0 Å². The Balaban J connectivity index is 1.97. The van der Waals surface area contributed by atoms with Crippen LogP contribution in [0.25, 0.3) is 0 Å². The Kier molecular flexibility index (Phi) is 6.02. The molecular formula is C15H12INO2S. The van der Waals surface area contributed by atoms with Crippen LogP contribution < -0.4 is 9.47 Å². The zero-order chi connectivity index (χ0) is 14.2. The van der Waals surface area contributed by atoms with Crippen LogP contribution in [0, 0.1) is 14.2 Å². The number of nitrogens with zero attached hydrogens (tertiary/aromatic N) is 1. The van der Waals surface area contributed by atoms with Crippen molar-refractivity contribution in [2.24, 2.45) is 0 Å². The lowest BCUT2D eigenvalue weighted by atomic mass is 10.3. The number of ether oxygens (including phenoxy) is 2. The van der Waals surface area contributed by atoms with Crippen molar-refractivity contribution in [1.82, 2.24) is 0 Å². The molecule has 0 fully saturated rings. The minimum atomic E-state index is 0.521. The van der Waals surface area contributed by atoms with Crippen molar-refractivity contribution in [2.75, 3.05) is 12.4 Å². The summed E-state index contributed by atoms with van der Waals surface area (Å²) in [4.78, 5) is 0. The Bertz CT molecular complexity index is 599. The highest BCUT2D eigenvalue weighted by atomic mass is 127. The van der Waals surface area contributed by atoms with Gasteiger partial charge in [-0.1, -0.05) is 18.2 Å². The fourth-order valence-electron chi connectivity index (χ4n) is 1.53. The van der Waals surface area contributed by atoms with E-state index in [0.29, 0.717) is 12.4 Å². The van der Waals surface area contributed by atoms with Crippen LogP contribution in [0.5, 0.6) is 17.2 Å². The number of hydrogen-bond acceptors (Lipinski definition) is 4. The van der Waals surface area contributed by atoms with Crippen LogP contribution in [0.15, 0.2) is 48.5 Å². The van der Waals surface area contributed by atoms with E-state index in [0.717, 1.165) is 20.8 Å². The van der Waals surface area contributed by atoms with Gasteiger partial charge in [0.25, 0.3) is 0 Å².